The molecule has 1 nitrogen and oxygen atoms in total. The molecule has 19 heavy (non-hydrogen) atoms. The van der Waals surface area contributed by atoms with Gasteiger partial charge in [-0.15, -0.1) is 0 Å². The largest absolute Gasteiger partial charge is 0.380 e. The molecule has 1 saturated carbocycles. The summed E-state index contributed by atoms with van der Waals surface area (Å²) < 4.78 is 13.8. The smallest absolute Gasteiger partial charge is 0.146 e. The topological polar surface area (TPSA) is 12.0 Å². The van der Waals surface area contributed by atoms with Crippen LogP contribution in [0.1, 0.15) is 51.5 Å². The molecular formula is C17H26FN. The Bertz CT molecular complexity index is 414. The molecule has 0 radical (unpaired) electrons. The van der Waals surface area contributed by atoms with E-state index < -0.39 is 0 Å². The summed E-state index contributed by atoms with van der Waals surface area (Å²) in [6.07, 6.45) is 6.18. The fourth-order valence-corrected chi connectivity index (χ4v) is 3.10. The second kappa shape index (κ2) is 6.40. The Morgan fingerprint density at radius 3 is 2.63 bits per heavy atom. The standard InChI is InChI=1S/C17H26FN/c1-12(2)14-5-4-6-15(9-8-14)19-17-10-7-13(3)11-16(17)18/h7,10-12,14-15,19H,4-6,8-9H2,1-3H3. The third kappa shape index (κ3) is 3.95. The highest BCUT2D eigenvalue weighted by molar-refractivity contribution is 5.46. The zero-order valence-corrected chi connectivity index (χ0v) is 12.4. The van der Waals surface area contributed by atoms with E-state index in [0.29, 0.717) is 11.7 Å². The summed E-state index contributed by atoms with van der Waals surface area (Å²) in [7, 11) is 0. The number of aryl methyl sites for hydroxylation is 1. The third-order valence-electron chi connectivity index (χ3n) is 4.44. The van der Waals surface area contributed by atoms with E-state index in [2.05, 4.69) is 19.2 Å². The van der Waals surface area contributed by atoms with E-state index in [1.54, 1.807) is 6.07 Å². The predicted octanol–water partition coefficient (Wildman–Crippen LogP) is 5.15. The Balaban J connectivity index is 1.96. The number of halogens is 1. The van der Waals surface area contributed by atoms with Gasteiger partial charge in [0.05, 0.1) is 5.69 Å². The normalized spacial score (nSPS) is 24.3. The number of hydrogen-bond donors (Lipinski definition) is 1. The van der Waals surface area contributed by atoms with E-state index in [1.807, 2.05) is 19.1 Å². The molecule has 0 aromatic heterocycles. The van der Waals surface area contributed by atoms with Gasteiger partial charge in [0.1, 0.15) is 5.82 Å². The van der Waals surface area contributed by atoms with Crippen molar-refractivity contribution in [3.8, 4) is 0 Å². The molecular weight excluding hydrogens is 237 g/mol. The van der Waals surface area contributed by atoms with Crippen molar-refractivity contribution in [1.82, 2.24) is 0 Å². The summed E-state index contributed by atoms with van der Waals surface area (Å²) in [5.74, 6) is 1.49. The molecule has 0 saturated heterocycles. The molecule has 2 atom stereocenters. The van der Waals surface area contributed by atoms with Crippen LogP contribution in [0.4, 0.5) is 10.1 Å². The van der Waals surface area contributed by atoms with Crippen molar-refractivity contribution in [3.05, 3.63) is 29.6 Å². The molecule has 0 heterocycles. The van der Waals surface area contributed by atoms with Crippen LogP contribution in [-0.4, -0.2) is 6.04 Å². The van der Waals surface area contributed by atoms with E-state index in [-0.39, 0.29) is 5.82 Å². The van der Waals surface area contributed by atoms with Gasteiger partial charge >= 0.3 is 0 Å². The van der Waals surface area contributed by atoms with Crippen LogP contribution in [-0.2, 0) is 0 Å². The maximum atomic E-state index is 13.8. The van der Waals surface area contributed by atoms with Crippen LogP contribution in [0.15, 0.2) is 18.2 Å². The molecule has 106 valence electrons. The minimum atomic E-state index is -0.121. The van der Waals surface area contributed by atoms with Gasteiger partial charge in [0.15, 0.2) is 0 Å². The van der Waals surface area contributed by atoms with Crippen LogP contribution >= 0.6 is 0 Å². The zero-order valence-electron chi connectivity index (χ0n) is 12.4. The van der Waals surface area contributed by atoms with Crippen LogP contribution < -0.4 is 5.32 Å². The molecule has 2 heteroatoms. The first kappa shape index (κ1) is 14.4. The van der Waals surface area contributed by atoms with Crippen LogP contribution in [0.5, 0.6) is 0 Å². The van der Waals surface area contributed by atoms with Crippen LogP contribution in [0.3, 0.4) is 0 Å². The van der Waals surface area contributed by atoms with Gasteiger partial charge in [-0.2, -0.15) is 0 Å². The first-order valence-corrected chi connectivity index (χ1v) is 7.59. The van der Waals surface area contributed by atoms with Crippen molar-refractivity contribution < 1.29 is 4.39 Å². The van der Waals surface area contributed by atoms with Gasteiger partial charge in [0.2, 0.25) is 0 Å². The highest BCUT2D eigenvalue weighted by atomic mass is 19.1. The van der Waals surface area contributed by atoms with Crippen molar-refractivity contribution in [2.24, 2.45) is 11.8 Å². The number of anilines is 1. The molecule has 1 fully saturated rings. The molecule has 1 aliphatic rings. The minimum Gasteiger partial charge on any atom is -0.380 e. The van der Waals surface area contributed by atoms with Crippen molar-refractivity contribution in [2.45, 2.75) is 58.9 Å². The second-order valence-electron chi connectivity index (χ2n) is 6.34. The lowest BCUT2D eigenvalue weighted by Gasteiger charge is -2.20. The van der Waals surface area contributed by atoms with Crippen LogP contribution in [0, 0.1) is 24.6 Å². The Morgan fingerprint density at radius 2 is 1.95 bits per heavy atom. The Morgan fingerprint density at radius 1 is 1.16 bits per heavy atom. The molecule has 1 aromatic carbocycles. The molecule has 0 amide bonds. The fraction of sp³-hybridized carbons (Fsp3) is 0.647. The summed E-state index contributed by atoms with van der Waals surface area (Å²) in [6, 6.07) is 5.88. The van der Waals surface area contributed by atoms with Crippen molar-refractivity contribution in [1.29, 1.82) is 0 Å². The van der Waals surface area contributed by atoms with Gasteiger partial charge in [-0.25, -0.2) is 4.39 Å². The van der Waals surface area contributed by atoms with Gasteiger partial charge in [-0.05, 0) is 55.7 Å². The molecule has 2 unspecified atom stereocenters. The number of hydrogen-bond acceptors (Lipinski definition) is 1. The quantitative estimate of drug-likeness (QED) is 0.743. The maximum absolute atomic E-state index is 13.8. The Labute approximate surface area is 116 Å². The molecule has 2 rings (SSSR count). The van der Waals surface area contributed by atoms with Crippen molar-refractivity contribution in [2.75, 3.05) is 5.32 Å². The Hall–Kier alpha value is -1.05. The van der Waals surface area contributed by atoms with E-state index in [0.717, 1.165) is 30.2 Å². The summed E-state index contributed by atoms with van der Waals surface area (Å²) >= 11 is 0. The Kier molecular flexibility index (Phi) is 4.84. The molecule has 0 aliphatic heterocycles. The first-order chi connectivity index (χ1) is 9.06. The van der Waals surface area contributed by atoms with Crippen LogP contribution in [0.25, 0.3) is 0 Å². The molecule has 0 spiro atoms. The first-order valence-electron chi connectivity index (χ1n) is 7.59. The van der Waals surface area contributed by atoms with E-state index in [4.69, 9.17) is 0 Å². The van der Waals surface area contributed by atoms with Gasteiger partial charge in [0, 0.05) is 6.04 Å². The highest BCUT2D eigenvalue weighted by Crippen LogP contribution is 2.30. The lowest BCUT2D eigenvalue weighted by Crippen LogP contribution is -2.19. The molecule has 1 aromatic rings. The van der Waals surface area contributed by atoms with Crippen molar-refractivity contribution in [3.63, 3.8) is 0 Å². The van der Waals surface area contributed by atoms with E-state index >= 15 is 0 Å². The number of benzene rings is 1. The summed E-state index contributed by atoms with van der Waals surface area (Å²) in [4.78, 5) is 0. The predicted molar refractivity (Wildman–Crippen MR) is 80.0 cm³/mol. The van der Waals surface area contributed by atoms with Gasteiger partial charge in [-0.3, -0.25) is 0 Å². The maximum Gasteiger partial charge on any atom is 0.146 e. The number of nitrogens with one attached hydrogen (secondary N) is 1. The van der Waals surface area contributed by atoms with E-state index in [1.165, 1.54) is 19.3 Å². The summed E-state index contributed by atoms with van der Waals surface area (Å²) in [5, 5.41) is 3.40. The van der Waals surface area contributed by atoms with Crippen molar-refractivity contribution >= 4 is 5.69 Å². The monoisotopic (exact) mass is 263 g/mol. The third-order valence-corrected chi connectivity index (χ3v) is 4.44. The minimum absolute atomic E-state index is 0.121. The SMILES string of the molecule is Cc1ccc(NC2CCCC(C(C)C)CC2)c(F)c1. The lowest BCUT2D eigenvalue weighted by atomic mass is 9.89. The second-order valence-corrected chi connectivity index (χ2v) is 6.34. The lowest BCUT2D eigenvalue weighted by molar-refractivity contribution is 0.341. The molecule has 1 N–H and O–H groups in total. The van der Waals surface area contributed by atoms with Gasteiger partial charge in [-0.1, -0.05) is 32.8 Å². The van der Waals surface area contributed by atoms with E-state index in [9.17, 15) is 4.39 Å². The molecule has 0 bridgehead atoms. The van der Waals surface area contributed by atoms with Crippen LogP contribution in [0.2, 0.25) is 0 Å². The van der Waals surface area contributed by atoms with Gasteiger partial charge in [0.25, 0.3) is 0 Å². The molecule has 1 aliphatic carbocycles. The highest BCUT2D eigenvalue weighted by Gasteiger charge is 2.21. The average Bonchev–Trinajstić information content (AvgIpc) is 2.58. The average molecular weight is 263 g/mol. The zero-order chi connectivity index (χ0) is 13.8. The fourth-order valence-electron chi connectivity index (χ4n) is 3.10. The van der Waals surface area contributed by atoms with Gasteiger partial charge < -0.3 is 5.32 Å². The number of rotatable bonds is 3. The summed E-state index contributed by atoms with van der Waals surface area (Å²) in [6.45, 7) is 6.56. The summed E-state index contributed by atoms with van der Waals surface area (Å²) in [5.41, 5.74) is 1.64.